The standard InChI is InChI=1S/C79H84N10O17/c1-46(2)72(85-70(93)40-82-69(92)39-81-68(91)26-27-71(94)87-41-54-14-8-7-12-51(54)22-23-53-13-9-10-15-61(53)87)74(96)83-47(3)73(95)84-56-24-18-50(19-25-56)44-106-78(100)89-62-36-67(65(102-6)34-59(62)76(98)88-45-79(28-29-79)37-63(88)77(89)99)104-31-11-30-103-66-35-60-58(33-64(66)101-5)75(97)86-42-55(32-57(86)38-80-60)52-20-16-49(17-21-52)43-105-48(4)90/h7-10,12-21,24-25,33-36,42,46-47,57,63,72,77,80,99H,11,26-32,37-41,43-45H2,1-6H3,(H,81,91)(H,82,92)(H,83,96)(H,84,95)(H,85,93)/t47-,57-,63?,72-,77?/m0/s1. The second-order valence-corrected chi connectivity index (χ2v) is 27.4. The number of nitrogens with zero attached hydrogens (tertiary/aromatic N) is 4. The van der Waals surface area contributed by atoms with E-state index < -0.39 is 79.0 Å². The molecule has 552 valence electrons. The number of anilines is 4. The Morgan fingerprint density at radius 1 is 0.679 bits per heavy atom. The molecule has 1 saturated heterocycles. The molecule has 5 heterocycles. The van der Waals surface area contributed by atoms with Gasteiger partial charge in [-0.2, -0.15) is 0 Å². The Morgan fingerprint density at radius 3 is 2.02 bits per heavy atom. The molecule has 6 aromatic carbocycles. The Kier molecular flexibility index (Phi) is 22.6. The molecule has 5 atom stereocenters. The Hall–Kier alpha value is -11.9. The van der Waals surface area contributed by atoms with Gasteiger partial charge in [-0.3, -0.25) is 43.2 Å². The van der Waals surface area contributed by atoms with E-state index in [9.17, 15) is 53.1 Å². The van der Waals surface area contributed by atoms with Crippen molar-refractivity contribution in [2.45, 2.75) is 123 Å². The van der Waals surface area contributed by atoms with Crippen LogP contribution in [-0.2, 0) is 62.8 Å². The number of esters is 1. The van der Waals surface area contributed by atoms with E-state index in [-0.39, 0.29) is 104 Å². The third-order valence-electron chi connectivity index (χ3n) is 19.6. The SMILES string of the molecule is COc1cc2c(cc1OCCCOc1cc3c(cc1OC)C(=O)N1CC4(CC4)CC1C(O)N3C(=O)OCc1ccc(NC(=O)[C@H](C)NC(=O)[C@@H](NC(=O)CNC(=O)CNC(=O)CCC(=O)N3Cc4ccccc4C#Cc4ccccc43)C(C)C)cc1)NC[C@@H]1CC(c3ccc(COC(C)=O)cc3)=CN1C2=O. The Balaban J connectivity index is 0.605. The minimum Gasteiger partial charge on any atom is -0.493 e. The topological polar surface area (TPSA) is 331 Å². The summed E-state index contributed by atoms with van der Waals surface area (Å²) < 4.78 is 35.0. The minimum absolute atomic E-state index is 0.0486. The van der Waals surface area contributed by atoms with Gasteiger partial charge in [-0.25, -0.2) is 9.69 Å². The molecule has 7 N–H and O–H groups in total. The Morgan fingerprint density at radius 2 is 1.32 bits per heavy atom. The van der Waals surface area contributed by atoms with Crippen molar-refractivity contribution in [3.05, 3.63) is 172 Å². The second-order valence-electron chi connectivity index (χ2n) is 27.4. The van der Waals surface area contributed by atoms with E-state index in [1.165, 1.54) is 40.2 Å². The number of carbonyl (C=O) groups excluding carboxylic acids is 10. The van der Waals surface area contributed by atoms with E-state index in [4.69, 9.17) is 28.4 Å². The molecule has 1 saturated carbocycles. The number of benzene rings is 6. The van der Waals surface area contributed by atoms with Crippen molar-refractivity contribution in [1.82, 2.24) is 31.1 Å². The first kappa shape index (κ1) is 73.8. The van der Waals surface area contributed by atoms with E-state index in [1.807, 2.05) is 72.9 Å². The summed E-state index contributed by atoms with van der Waals surface area (Å²) in [5, 5.41) is 28.5. The first-order valence-corrected chi connectivity index (χ1v) is 35.2. The smallest absolute Gasteiger partial charge is 0.416 e. The predicted octanol–water partition coefficient (Wildman–Crippen LogP) is 7.31. The number of para-hydroxylation sites is 1. The molecule has 27 heteroatoms. The zero-order chi connectivity index (χ0) is 74.9. The fourth-order valence-electron chi connectivity index (χ4n) is 13.6. The van der Waals surface area contributed by atoms with Gasteiger partial charge in [0, 0.05) is 74.4 Å². The largest absolute Gasteiger partial charge is 0.493 e. The molecule has 5 aliphatic heterocycles. The van der Waals surface area contributed by atoms with E-state index in [2.05, 4.69) is 43.7 Å². The van der Waals surface area contributed by atoms with Gasteiger partial charge in [0.2, 0.25) is 35.4 Å². The molecule has 12 rings (SSSR count). The number of fused-ring (bicyclic) bond motifs is 6. The summed E-state index contributed by atoms with van der Waals surface area (Å²) in [7, 11) is 2.93. The number of aliphatic hydroxyl groups excluding tert-OH is 1. The molecule has 106 heavy (non-hydrogen) atoms. The zero-order valence-electron chi connectivity index (χ0n) is 59.7. The molecule has 1 aliphatic carbocycles. The lowest BCUT2D eigenvalue weighted by molar-refractivity contribution is -0.142. The summed E-state index contributed by atoms with van der Waals surface area (Å²) >= 11 is 0. The van der Waals surface area contributed by atoms with Crippen LogP contribution >= 0.6 is 0 Å². The normalized spacial score (nSPS) is 17.5. The van der Waals surface area contributed by atoms with E-state index in [0.29, 0.717) is 77.6 Å². The molecule has 2 unspecified atom stereocenters. The molecule has 0 aromatic heterocycles. The van der Waals surface area contributed by atoms with Crippen LogP contribution in [0.2, 0.25) is 0 Å². The number of methoxy groups -OCH3 is 2. The van der Waals surface area contributed by atoms with Gasteiger partial charge >= 0.3 is 12.1 Å². The van der Waals surface area contributed by atoms with Crippen LogP contribution in [0.5, 0.6) is 23.0 Å². The van der Waals surface area contributed by atoms with E-state index >= 15 is 0 Å². The lowest BCUT2D eigenvalue weighted by Gasteiger charge is -2.31. The minimum atomic E-state index is -1.51. The Labute approximate surface area is 612 Å². The van der Waals surface area contributed by atoms with Crippen molar-refractivity contribution < 1.29 is 81.5 Å². The van der Waals surface area contributed by atoms with Crippen LogP contribution in [-0.4, -0.2) is 158 Å². The molecule has 1 spiro atoms. The molecule has 6 aromatic rings. The van der Waals surface area contributed by atoms with Crippen molar-refractivity contribution in [2.75, 3.05) is 74.0 Å². The van der Waals surface area contributed by atoms with Gasteiger partial charge in [0.25, 0.3) is 11.8 Å². The first-order chi connectivity index (χ1) is 51.1. The van der Waals surface area contributed by atoms with Gasteiger partial charge in [0.15, 0.2) is 29.2 Å². The number of hydrogen-bond acceptors (Lipinski definition) is 18. The fraction of sp³-hybridized carbons (Fsp3) is 0.367. The lowest BCUT2D eigenvalue weighted by Crippen LogP contribution is -2.55. The van der Waals surface area contributed by atoms with Gasteiger partial charge in [-0.15, -0.1) is 0 Å². The number of carbonyl (C=O) groups is 10. The number of ether oxygens (including phenoxy) is 6. The number of amides is 9. The summed E-state index contributed by atoms with van der Waals surface area (Å²) in [6, 6.07) is 32.2. The average Bonchev–Trinajstić information content (AvgIpc) is 1.56. The molecule has 2 fully saturated rings. The molecule has 6 aliphatic rings. The van der Waals surface area contributed by atoms with Crippen LogP contribution in [0.3, 0.4) is 0 Å². The predicted molar refractivity (Wildman–Crippen MR) is 389 cm³/mol. The summed E-state index contributed by atoms with van der Waals surface area (Å²) in [6.07, 6.45) is 2.27. The van der Waals surface area contributed by atoms with Crippen LogP contribution in [0, 0.1) is 23.2 Å². The maximum atomic E-state index is 14.5. The van der Waals surface area contributed by atoms with Gasteiger partial charge < -0.3 is 80.1 Å². The van der Waals surface area contributed by atoms with E-state index in [1.54, 1.807) is 71.0 Å². The average molecular weight is 1450 g/mol. The quantitative estimate of drug-likeness (QED) is 0.0159. The maximum Gasteiger partial charge on any atom is 0.416 e. The zero-order valence-corrected chi connectivity index (χ0v) is 59.7. The van der Waals surface area contributed by atoms with Gasteiger partial charge in [-0.05, 0) is 114 Å². The summed E-state index contributed by atoms with van der Waals surface area (Å²) in [4.78, 5) is 140. The van der Waals surface area contributed by atoms with Gasteiger partial charge in [0.1, 0.15) is 25.3 Å². The van der Waals surface area contributed by atoms with Crippen molar-refractivity contribution in [2.24, 2.45) is 11.3 Å². The summed E-state index contributed by atoms with van der Waals surface area (Å²) in [5.74, 6) is 2.55. The third kappa shape index (κ3) is 17.0. The molecule has 27 nitrogen and oxygen atoms in total. The number of nitrogens with one attached hydrogen (secondary N) is 6. The highest BCUT2D eigenvalue weighted by atomic mass is 16.6. The van der Waals surface area contributed by atoms with Crippen LogP contribution in [0.15, 0.2) is 128 Å². The number of rotatable bonds is 26. The van der Waals surface area contributed by atoms with Gasteiger partial charge in [-0.1, -0.05) is 92.4 Å². The highest BCUT2D eigenvalue weighted by Crippen LogP contribution is 2.57. The van der Waals surface area contributed by atoms with Crippen molar-refractivity contribution in [3.8, 4) is 34.8 Å². The van der Waals surface area contributed by atoms with E-state index in [0.717, 1.165) is 45.6 Å². The van der Waals surface area contributed by atoms with Crippen molar-refractivity contribution >= 4 is 87.6 Å². The third-order valence-corrected chi connectivity index (χ3v) is 19.6. The fourth-order valence-corrected chi connectivity index (χ4v) is 13.6. The number of aliphatic hydroxyl groups is 1. The van der Waals surface area contributed by atoms with Crippen LogP contribution in [0.1, 0.15) is 127 Å². The van der Waals surface area contributed by atoms with Crippen molar-refractivity contribution in [1.29, 1.82) is 0 Å². The molecular weight excluding hydrogens is 1360 g/mol. The van der Waals surface area contributed by atoms with Gasteiger partial charge in [0.05, 0.1) is 87.3 Å². The monoisotopic (exact) mass is 1440 g/mol. The lowest BCUT2D eigenvalue weighted by atomic mass is 10.0. The summed E-state index contributed by atoms with van der Waals surface area (Å²) in [6.45, 7) is 6.47. The first-order valence-electron chi connectivity index (χ1n) is 35.2. The number of hydrogen-bond donors (Lipinski definition) is 7. The molecule has 9 amide bonds. The molecule has 0 bridgehead atoms. The highest BCUT2D eigenvalue weighted by molar-refractivity contribution is 6.07. The van der Waals surface area contributed by atoms with Crippen LogP contribution in [0.25, 0.3) is 5.57 Å². The Bertz CT molecular complexity index is 4530. The summed E-state index contributed by atoms with van der Waals surface area (Å²) in [5.41, 5.74) is 7.61. The molecular formula is C79H84N10O17. The van der Waals surface area contributed by atoms with Crippen LogP contribution in [0.4, 0.5) is 27.5 Å². The highest BCUT2D eigenvalue weighted by Gasteiger charge is 2.58. The molecule has 0 radical (unpaired) electrons. The van der Waals surface area contributed by atoms with Crippen molar-refractivity contribution in [3.63, 3.8) is 0 Å². The maximum absolute atomic E-state index is 14.5. The second kappa shape index (κ2) is 32.4. The van der Waals surface area contributed by atoms with Crippen LogP contribution < -0.4 is 60.6 Å².